The van der Waals surface area contributed by atoms with Gasteiger partial charge in [-0.25, -0.2) is 0 Å². The van der Waals surface area contributed by atoms with E-state index in [1.807, 2.05) is 6.07 Å². The molecule has 0 heterocycles. The van der Waals surface area contributed by atoms with Gasteiger partial charge in [-0.15, -0.1) is 0 Å². The molecule has 2 nitrogen and oxygen atoms in total. The van der Waals surface area contributed by atoms with E-state index in [4.69, 9.17) is 4.43 Å². The SMILES string of the molecule is CC(C)(C)[Si](OC[C@@H]1C[C@]1(CO)c1ccccc1)(c1ccccc1)c1ccccc1. The van der Waals surface area contributed by atoms with Gasteiger partial charge in [-0.2, -0.15) is 0 Å². The molecule has 30 heavy (non-hydrogen) atoms. The molecule has 0 radical (unpaired) electrons. The molecule has 1 fully saturated rings. The Morgan fingerprint density at radius 1 is 0.833 bits per heavy atom. The van der Waals surface area contributed by atoms with E-state index >= 15 is 0 Å². The summed E-state index contributed by atoms with van der Waals surface area (Å²) in [5.74, 6) is 0.339. The lowest BCUT2D eigenvalue weighted by atomic mass is 9.94. The van der Waals surface area contributed by atoms with Crippen LogP contribution in [0.4, 0.5) is 0 Å². The molecule has 156 valence electrons. The summed E-state index contributed by atoms with van der Waals surface area (Å²) in [7, 11) is -2.53. The highest BCUT2D eigenvalue weighted by atomic mass is 28.4. The molecule has 1 aliphatic rings. The van der Waals surface area contributed by atoms with Gasteiger partial charge in [-0.1, -0.05) is 112 Å². The van der Waals surface area contributed by atoms with Crippen molar-refractivity contribution < 1.29 is 9.53 Å². The fourth-order valence-corrected chi connectivity index (χ4v) is 9.60. The van der Waals surface area contributed by atoms with Crippen molar-refractivity contribution in [3.8, 4) is 0 Å². The number of aliphatic hydroxyl groups is 1. The first-order valence-electron chi connectivity index (χ1n) is 10.9. The van der Waals surface area contributed by atoms with E-state index in [1.165, 1.54) is 15.9 Å². The topological polar surface area (TPSA) is 29.5 Å². The van der Waals surface area contributed by atoms with E-state index in [2.05, 4.69) is 106 Å². The maximum absolute atomic E-state index is 10.3. The molecule has 0 bridgehead atoms. The molecule has 0 aromatic heterocycles. The Hall–Kier alpha value is -2.20. The van der Waals surface area contributed by atoms with Gasteiger partial charge < -0.3 is 9.53 Å². The van der Waals surface area contributed by atoms with Crippen LogP contribution in [0.5, 0.6) is 0 Å². The Labute approximate surface area is 181 Å². The standard InChI is InChI=1S/C27H32O2Si/c1-26(2,3)30(24-15-9-5-10-16-24,25-17-11-6-12-18-25)29-20-23-19-27(23,21-28)22-13-7-4-8-14-22/h4-18,23,28H,19-21H2,1-3H3/t23-,27-/m0/s1. The van der Waals surface area contributed by atoms with Crippen LogP contribution in [0.3, 0.4) is 0 Å². The van der Waals surface area contributed by atoms with Gasteiger partial charge in [0, 0.05) is 12.0 Å². The van der Waals surface area contributed by atoms with Gasteiger partial charge in [-0.3, -0.25) is 0 Å². The number of hydrogen-bond donors (Lipinski definition) is 1. The van der Waals surface area contributed by atoms with Crippen molar-refractivity contribution in [2.45, 2.75) is 37.6 Å². The van der Waals surface area contributed by atoms with Crippen LogP contribution in [0.2, 0.25) is 5.04 Å². The Balaban J connectivity index is 1.70. The summed E-state index contributed by atoms with van der Waals surface area (Å²) in [6.07, 6.45) is 0.978. The van der Waals surface area contributed by atoms with Crippen LogP contribution in [-0.2, 0) is 9.84 Å². The zero-order valence-corrected chi connectivity index (χ0v) is 19.2. The molecule has 4 rings (SSSR count). The molecule has 1 N–H and O–H groups in total. The number of hydrogen-bond acceptors (Lipinski definition) is 2. The van der Waals surface area contributed by atoms with Crippen molar-refractivity contribution in [3.05, 3.63) is 96.6 Å². The summed E-state index contributed by atoms with van der Waals surface area (Å²) in [4.78, 5) is 0. The highest BCUT2D eigenvalue weighted by molar-refractivity contribution is 6.99. The smallest absolute Gasteiger partial charge is 0.261 e. The average molecular weight is 417 g/mol. The van der Waals surface area contributed by atoms with E-state index in [0.29, 0.717) is 12.5 Å². The molecule has 3 aromatic carbocycles. The Morgan fingerprint density at radius 3 is 1.73 bits per heavy atom. The van der Waals surface area contributed by atoms with Gasteiger partial charge in [0.15, 0.2) is 0 Å². The third-order valence-electron chi connectivity index (χ3n) is 6.78. The van der Waals surface area contributed by atoms with Crippen molar-refractivity contribution in [1.29, 1.82) is 0 Å². The lowest BCUT2D eigenvalue weighted by molar-refractivity contribution is 0.217. The first kappa shape index (κ1) is 21.0. The second-order valence-corrected chi connectivity index (χ2v) is 13.9. The maximum atomic E-state index is 10.3. The number of rotatable bonds is 7. The van der Waals surface area contributed by atoms with Gasteiger partial charge >= 0.3 is 0 Å². The third kappa shape index (κ3) is 3.56. The maximum Gasteiger partial charge on any atom is 0.261 e. The van der Waals surface area contributed by atoms with Gasteiger partial charge in [-0.05, 0) is 33.3 Å². The van der Waals surface area contributed by atoms with Crippen molar-refractivity contribution in [1.82, 2.24) is 0 Å². The molecular formula is C27H32O2Si. The fraction of sp³-hybridized carbons (Fsp3) is 0.333. The minimum atomic E-state index is -2.53. The first-order chi connectivity index (χ1) is 14.4. The summed E-state index contributed by atoms with van der Waals surface area (Å²) in [5, 5.41) is 12.8. The minimum Gasteiger partial charge on any atom is -0.407 e. The van der Waals surface area contributed by atoms with E-state index in [0.717, 1.165) is 6.42 Å². The molecule has 0 spiro atoms. The van der Waals surface area contributed by atoms with Crippen LogP contribution in [0.15, 0.2) is 91.0 Å². The van der Waals surface area contributed by atoms with Crippen LogP contribution in [0, 0.1) is 5.92 Å². The Morgan fingerprint density at radius 2 is 1.30 bits per heavy atom. The molecular weight excluding hydrogens is 384 g/mol. The molecule has 1 saturated carbocycles. The predicted octanol–water partition coefficient (Wildman–Crippen LogP) is 4.51. The highest BCUT2D eigenvalue weighted by Gasteiger charge is 2.57. The van der Waals surface area contributed by atoms with Crippen molar-refractivity contribution >= 4 is 18.7 Å². The number of aliphatic hydroxyl groups excluding tert-OH is 1. The lowest BCUT2D eigenvalue weighted by Gasteiger charge is -2.43. The van der Waals surface area contributed by atoms with Crippen LogP contribution >= 0.6 is 0 Å². The Bertz CT molecular complexity index is 911. The summed E-state index contributed by atoms with van der Waals surface area (Å²) in [6.45, 7) is 7.77. The van der Waals surface area contributed by atoms with Crippen molar-refractivity contribution in [2.24, 2.45) is 5.92 Å². The quantitative estimate of drug-likeness (QED) is 0.574. The van der Waals surface area contributed by atoms with Crippen molar-refractivity contribution in [2.75, 3.05) is 13.2 Å². The Kier molecular flexibility index (Phi) is 5.71. The largest absolute Gasteiger partial charge is 0.407 e. The highest BCUT2D eigenvalue weighted by Crippen LogP contribution is 2.54. The van der Waals surface area contributed by atoms with E-state index < -0.39 is 8.32 Å². The van der Waals surface area contributed by atoms with Crippen LogP contribution < -0.4 is 10.4 Å². The molecule has 0 saturated heterocycles. The molecule has 3 aromatic rings. The summed E-state index contributed by atoms with van der Waals surface area (Å²) in [6, 6.07) is 32.0. The fourth-order valence-electron chi connectivity index (χ4n) is 4.99. The van der Waals surface area contributed by atoms with Gasteiger partial charge in [0.25, 0.3) is 8.32 Å². The number of benzene rings is 3. The normalized spacial score (nSPS) is 21.4. The van der Waals surface area contributed by atoms with Gasteiger partial charge in [0.1, 0.15) is 0 Å². The lowest BCUT2D eigenvalue weighted by Crippen LogP contribution is -2.66. The average Bonchev–Trinajstić information content (AvgIpc) is 3.50. The molecule has 0 aliphatic heterocycles. The second-order valence-electron chi connectivity index (χ2n) is 9.56. The summed E-state index contributed by atoms with van der Waals surface area (Å²) in [5.41, 5.74) is 1.07. The second kappa shape index (κ2) is 8.14. The first-order valence-corrected chi connectivity index (χ1v) is 12.8. The monoisotopic (exact) mass is 416 g/mol. The summed E-state index contributed by atoms with van der Waals surface area (Å²) >= 11 is 0. The zero-order valence-electron chi connectivity index (χ0n) is 18.2. The van der Waals surface area contributed by atoms with Crippen LogP contribution in [0.1, 0.15) is 32.8 Å². The molecule has 1 aliphatic carbocycles. The zero-order chi connectivity index (χ0) is 21.2. The van der Waals surface area contributed by atoms with Crippen LogP contribution in [-0.4, -0.2) is 26.6 Å². The van der Waals surface area contributed by atoms with E-state index in [1.54, 1.807) is 0 Å². The molecule has 3 heteroatoms. The van der Waals surface area contributed by atoms with E-state index in [9.17, 15) is 5.11 Å². The van der Waals surface area contributed by atoms with Gasteiger partial charge in [0.05, 0.1) is 6.61 Å². The summed E-state index contributed by atoms with van der Waals surface area (Å²) < 4.78 is 7.10. The third-order valence-corrected chi connectivity index (χ3v) is 11.8. The van der Waals surface area contributed by atoms with Crippen molar-refractivity contribution in [3.63, 3.8) is 0 Å². The molecule has 0 unspecified atom stereocenters. The van der Waals surface area contributed by atoms with E-state index in [-0.39, 0.29) is 17.1 Å². The van der Waals surface area contributed by atoms with Gasteiger partial charge in [0.2, 0.25) is 0 Å². The molecule has 2 atom stereocenters. The predicted molar refractivity (Wildman–Crippen MR) is 127 cm³/mol. The van der Waals surface area contributed by atoms with Crippen LogP contribution in [0.25, 0.3) is 0 Å². The minimum absolute atomic E-state index is 0.0286. The molecule has 0 amide bonds.